The second-order valence-electron chi connectivity index (χ2n) is 14.5. The van der Waals surface area contributed by atoms with E-state index in [0.29, 0.717) is 22.8 Å². The van der Waals surface area contributed by atoms with Gasteiger partial charge in [-0.25, -0.2) is 8.78 Å². The SMILES string of the molecule is CC(C)(c1cc(-n2c3ccccc3c3ccccc32)cc(-c2[c-]cc(F)nc2F)n1)c1cc(-n2c3ccccc3c3ccccc32)cc(-n2[c-]cc(C(F)(F)F)n2)n1.[Pt+2]. The molecule has 10 aromatic rings. The molecular formula is C46H28F5N7Pt. The Morgan fingerprint density at radius 2 is 1.03 bits per heavy atom. The van der Waals surface area contributed by atoms with Crippen molar-refractivity contribution in [3.05, 3.63) is 175 Å². The summed E-state index contributed by atoms with van der Waals surface area (Å²) in [6.45, 7) is 3.76. The summed E-state index contributed by atoms with van der Waals surface area (Å²) in [5, 5.41) is 7.80. The smallest absolute Gasteiger partial charge is 0.343 e. The van der Waals surface area contributed by atoms with Gasteiger partial charge in [-0.1, -0.05) is 96.7 Å². The number of hydrogen-bond acceptors (Lipinski definition) is 4. The first-order chi connectivity index (χ1) is 28.0. The van der Waals surface area contributed by atoms with Crippen molar-refractivity contribution in [2.45, 2.75) is 25.4 Å². The monoisotopic (exact) mass is 968 g/mol. The number of fused-ring (bicyclic) bond motifs is 6. The van der Waals surface area contributed by atoms with E-state index in [1.54, 1.807) is 12.1 Å². The van der Waals surface area contributed by atoms with Gasteiger partial charge in [-0.15, -0.1) is 12.1 Å². The van der Waals surface area contributed by atoms with Crippen LogP contribution in [0, 0.1) is 24.2 Å². The van der Waals surface area contributed by atoms with Crippen LogP contribution >= 0.6 is 0 Å². The fourth-order valence-electron chi connectivity index (χ4n) is 7.78. The maximum atomic E-state index is 15.5. The Balaban J connectivity index is 0.00000449. The predicted molar refractivity (Wildman–Crippen MR) is 212 cm³/mol. The molecule has 0 aliphatic carbocycles. The molecule has 0 aliphatic heterocycles. The Hall–Kier alpha value is -6.52. The first kappa shape index (κ1) is 38.0. The topological polar surface area (TPSA) is 66.3 Å². The van der Waals surface area contributed by atoms with Gasteiger partial charge in [0, 0.05) is 49.7 Å². The molecular weight excluding hydrogens is 941 g/mol. The van der Waals surface area contributed by atoms with Crippen LogP contribution in [-0.4, -0.2) is 33.9 Å². The zero-order valence-corrected chi connectivity index (χ0v) is 33.3. The van der Waals surface area contributed by atoms with Gasteiger partial charge in [0.1, 0.15) is 11.9 Å². The van der Waals surface area contributed by atoms with Crippen molar-refractivity contribution in [1.29, 1.82) is 0 Å². The van der Waals surface area contributed by atoms with Crippen LogP contribution in [0.5, 0.6) is 0 Å². The number of aromatic nitrogens is 7. The molecule has 13 heteroatoms. The van der Waals surface area contributed by atoms with Gasteiger partial charge in [0.15, 0.2) is 0 Å². The normalized spacial score (nSPS) is 12.2. The van der Waals surface area contributed by atoms with Crippen molar-refractivity contribution in [3.63, 3.8) is 0 Å². The van der Waals surface area contributed by atoms with Gasteiger partial charge in [0.2, 0.25) is 0 Å². The van der Waals surface area contributed by atoms with Gasteiger partial charge in [-0.3, -0.25) is 15.1 Å². The zero-order chi connectivity index (χ0) is 39.9. The Bertz CT molecular complexity index is 3150. The molecule has 0 saturated heterocycles. The second-order valence-corrected chi connectivity index (χ2v) is 14.5. The predicted octanol–water partition coefficient (Wildman–Crippen LogP) is 11.1. The first-order valence-corrected chi connectivity index (χ1v) is 18.3. The molecule has 0 saturated carbocycles. The molecule has 7 nitrogen and oxygen atoms in total. The Morgan fingerprint density at radius 1 is 0.559 bits per heavy atom. The molecule has 0 aliphatic rings. The summed E-state index contributed by atoms with van der Waals surface area (Å²) < 4.78 is 76.3. The van der Waals surface area contributed by atoms with Gasteiger partial charge in [0.25, 0.3) is 0 Å². The average Bonchev–Trinajstić information content (AvgIpc) is 3.94. The van der Waals surface area contributed by atoms with Crippen molar-refractivity contribution >= 4 is 43.6 Å². The van der Waals surface area contributed by atoms with Crippen LogP contribution in [0.1, 0.15) is 30.9 Å². The Labute approximate surface area is 347 Å². The molecule has 0 atom stereocenters. The van der Waals surface area contributed by atoms with Crippen molar-refractivity contribution in [2.75, 3.05) is 0 Å². The van der Waals surface area contributed by atoms with Crippen molar-refractivity contribution < 1.29 is 43.0 Å². The molecule has 10 rings (SSSR count). The van der Waals surface area contributed by atoms with E-state index < -0.39 is 29.2 Å². The number of hydrogen-bond donors (Lipinski definition) is 0. The van der Waals surface area contributed by atoms with Crippen LogP contribution in [0.25, 0.3) is 72.1 Å². The van der Waals surface area contributed by atoms with Crippen molar-refractivity contribution in [3.8, 4) is 28.5 Å². The summed E-state index contributed by atoms with van der Waals surface area (Å²) in [5.41, 5.74) is 3.34. The Morgan fingerprint density at radius 3 is 1.51 bits per heavy atom. The summed E-state index contributed by atoms with van der Waals surface area (Å²) in [4.78, 5) is 13.3. The number of rotatable bonds is 6. The van der Waals surface area contributed by atoms with Gasteiger partial charge in [-0.2, -0.15) is 13.2 Å². The number of alkyl halides is 3. The van der Waals surface area contributed by atoms with Gasteiger partial charge in [0.05, 0.1) is 33.6 Å². The van der Waals surface area contributed by atoms with E-state index in [0.717, 1.165) is 60.4 Å². The van der Waals surface area contributed by atoms with Crippen molar-refractivity contribution in [1.82, 2.24) is 33.9 Å². The summed E-state index contributed by atoms with van der Waals surface area (Å²) >= 11 is 0. The molecule has 6 aromatic heterocycles. The number of benzene rings is 4. The molecule has 0 unspecified atom stereocenters. The molecule has 0 spiro atoms. The third-order valence-electron chi connectivity index (χ3n) is 10.6. The first-order valence-electron chi connectivity index (χ1n) is 18.3. The maximum Gasteiger partial charge on any atom is 2.00 e. The molecule has 0 bridgehead atoms. The summed E-state index contributed by atoms with van der Waals surface area (Å²) in [7, 11) is 0. The molecule has 0 radical (unpaired) electrons. The molecule has 0 fully saturated rings. The van der Waals surface area contributed by atoms with Gasteiger partial charge >= 0.3 is 27.2 Å². The van der Waals surface area contributed by atoms with Crippen LogP contribution in [0.2, 0.25) is 0 Å². The minimum absolute atomic E-state index is 0. The molecule has 6 heterocycles. The van der Waals surface area contributed by atoms with E-state index in [9.17, 15) is 17.6 Å². The van der Waals surface area contributed by atoms with E-state index in [2.05, 4.69) is 26.9 Å². The summed E-state index contributed by atoms with van der Waals surface area (Å²) in [6.07, 6.45) is -2.10. The number of nitrogens with zero attached hydrogens (tertiary/aromatic N) is 7. The maximum absolute atomic E-state index is 15.5. The average molecular weight is 969 g/mol. The molecule has 4 aromatic carbocycles. The van der Waals surface area contributed by atoms with E-state index in [-0.39, 0.29) is 38.1 Å². The molecule has 0 N–H and O–H groups in total. The molecule has 59 heavy (non-hydrogen) atoms. The third kappa shape index (κ3) is 6.30. The van der Waals surface area contributed by atoms with E-state index in [1.807, 2.05) is 128 Å². The number of halogens is 5. The van der Waals surface area contributed by atoms with Crippen LogP contribution in [0.15, 0.2) is 133 Å². The summed E-state index contributed by atoms with van der Waals surface area (Å²) in [5.74, 6) is -2.03. The van der Waals surface area contributed by atoms with Crippen LogP contribution in [0.3, 0.4) is 0 Å². The standard InChI is InChI=1S/C46H28F5N7.Pt/c1-45(2,40-24-27(23-34(52-40)33-19-20-42(47)54-44(33)48)57-35-15-7-3-11-29(35)30-12-4-8-16-36(30)57)41-25-28(26-43(53-41)56-22-21-39(55-56)46(49,50)51)58-37-17-9-5-13-31(37)32-14-6-10-18-38(32)58;/h3-18,20-21,23-26H,1-2H3;/q-2;+2. The van der Waals surface area contributed by atoms with Crippen LogP contribution in [0.4, 0.5) is 22.0 Å². The minimum Gasteiger partial charge on any atom is -0.343 e. The third-order valence-corrected chi connectivity index (χ3v) is 10.6. The number of para-hydroxylation sites is 4. The molecule has 0 amide bonds. The zero-order valence-electron chi connectivity index (χ0n) is 31.0. The number of pyridine rings is 3. The largest absolute Gasteiger partial charge is 2.00 e. The molecule has 292 valence electrons. The summed E-state index contributed by atoms with van der Waals surface area (Å²) in [6, 6.07) is 43.1. The van der Waals surface area contributed by atoms with Crippen LogP contribution in [-0.2, 0) is 32.7 Å². The minimum atomic E-state index is -4.70. The van der Waals surface area contributed by atoms with Crippen molar-refractivity contribution in [2.24, 2.45) is 0 Å². The Kier molecular flexibility index (Phi) is 9.08. The second kappa shape index (κ2) is 14.1. The van der Waals surface area contributed by atoms with Crippen LogP contribution < -0.4 is 0 Å². The van der Waals surface area contributed by atoms with Gasteiger partial charge in [-0.05, 0) is 62.0 Å². The fourth-order valence-corrected chi connectivity index (χ4v) is 7.78. The quantitative estimate of drug-likeness (QED) is 0.0946. The fraction of sp³-hybridized carbons (Fsp3) is 0.0870. The van der Waals surface area contributed by atoms with E-state index in [4.69, 9.17) is 9.97 Å². The van der Waals surface area contributed by atoms with E-state index in [1.165, 1.54) is 0 Å². The van der Waals surface area contributed by atoms with Gasteiger partial charge < -0.3 is 18.8 Å². The van der Waals surface area contributed by atoms with E-state index >= 15 is 4.39 Å².